The van der Waals surface area contributed by atoms with Gasteiger partial charge in [-0.2, -0.15) is 0 Å². The quantitative estimate of drug-likeness (QED) is 0.0817. The number of unbranched alkanes of at least 4 members (excludes halogenated alkanes) is 23. The van der Waals surface area contributed by atoms with Crippen molar-refractivity contribution in [1.29, 1.82) is 0 Å². The molecule has 0 radical (unpaired) electrons. The predicted molar refractivity (Wildman–Crippen MR) is 156 cm³/mol. The van der Waals surface area contributed by atoms with Gasteiger partial charge in [-0.3, -0.25) is 0 Å². The van der Waals surface area contributed by atoms with E-state index in [4.69, 9.17) is 9.47 Å². The Kier molecular flexibility index (Phi) is 24.2. The lowest BCUT2D eigenvalue weighted by atomic mass is 9.99. The van der Waals surface area contributed by atoms with Crippen LogP contribution in [0.4, 0.5) is 0 Å². The maximum Gasteiger partial charge on any atom is 0.186 e. The van der Waals surface area contributed by atoms with Crippen molar-refractivity contribution in [3.8, 4) is 0 Å². The maximum absolute atomic E-state index is 9.97. The molecular formula is C32H64O6. The van der Waals surface area contributed by atoms with Crippen LogP contribution >= 0.6 is 0 Å². The molecule has 0 aromatic rings. The van der Waals surface area contributed by atoms with Crippen LogP contribution in [-0.2, 0) is 9.47 Å². The van der Waals surface area contributed by atoms with Crippen molar-refractivity contribution < 1.29 is 29.9 Å². The molecule has 1 aliphatic heterocycles. The smallest absolute Gasteiger partial charge is 0.186 e. The number of hydrogen-bond acceptors (Lipinski definition) is 6. The third-order valence-corrected chi connectivity index (χ3v) is 8.13. The van der Waals surface area contributed by atoms with Crippen molar-refractivity contribution in [3.05, 3.63) is 0 Å². The summed E-state index contributed by atoms with van der Waals surface area (Å²) in [7, 11) is 0. The Morgan fingerprint density at radius 3 is 1.16 bits per heavy atom. The number of hydrogen-bond donors (Lipinski definition) is 4. The average Bonchev–Trinajstić information content (AvgIpc) is 2.92. The van der Waals surface area contributed by atoms with Crippen molar-refractivity contribution >= 4 is 0 Å². The third-order valence-electron chi connectivity index (χ3n) is 8.13. The summed E-state index contributed by atoms with van der Waals surface area (Å²) in [6.45, 7) is 2.29. The Morgan fingerprint density at radius 1 is 0.474 bits per heavy atom. The van der Waals surface area contributed by atoms with E-state index in [9.17, 15) is 20.4 Å². The molecule has 0 saturated carbocycles. The molecule has 4 N–H and O–H groups in total. The summed E-state index contributed by atoms with van der Waals surface area (Å²) in [6.07, 6.45) is 26.7. The Bertz CT molecular complexity index is 489. The molecule has 1 rings (SSSR count). The Morgan fingerprint density at radius 2 is 0.816 bits per heavy atom. The molecule has 0 aromatic carbocycles. The molecule has 1 fully saturated rings. The summed E-state index contributed by atoms with van der Waals surface area (Å²) in [5.74, 6) is 0. The molecule has 0 aliphatic carbocycles. The first kappa shape index (κ1) is 35.8. The number of rotatable bonds is 27. The van der Waals surface area contributed by atoms with Gasteiger partial charge in [-0.1, -0.05) is 155 Å². The van der Waals surface area contributed by atoms with E-state index in [1.807, 2.05) is 0 Å². The first-order chi connectivity index (χ1) is 18.6. The van der Waals surface area contributed by atoms with Gasteiger partial charge >= 0.3 is 0 Å². The van der Waals surface area contributed by atoms with E-state index in [0.29, 0.717) is 6.61 Å². The molecule has 228 valence electrons. The van der Waals surface area contributed by atoms with E-state index in [2.05, 4.69) is 6.92 Å². The Labute approximate surface area is 234 Å². The molecule has 1 aliphatic rings. The zero-order valence-electron chi connectivity index (χ0n) is 24.9. The standard InChI is InChI=1S/C32H64O6/c1-2-3-4-5-6-7-8-9-10-11-12-13-14-15-16-17-18-19-20-21-22-23-24-25-26-37-32-31(36)30(35)29(34)28(27-33)38-32/h28-36H,2-27H2,1H3/t28-,29-,30+,31-,32+/m1/s1. The van der Waals surface area contributed by atoms with Crippen LogP contribution in [0.25, 0.3) is 0 Å². The highest BCUT2D eigenvalue weighted by Crippen LogP contribution is 2.22. The SMILES string of the molecule is CCCCCCCCCCCCCCCCCCCCCCCCCCO[C@H]1O[C@H](CO)[C@@H](O)[C@H](O)[C@H]1O. The summed E-state index contributed by atoms with van der Waals surface area (Å²) in [4.78, 5) is 0. The highest BCUT2D eigenvalue weighted by molar-refractivity contribution is 4.88. The minimum atomic E-state index is -1.37. The number of aliphatic hydroxyl groups is 4. The molecule has 6 heteroatoms. The number of aliphatic hydroxyl groups excluding tert-OH is 4. The fourth-order valence-electron chi connectivity index (χ4n) is 5.47. The average molecular weight is 545 g/mol. The van der Waals surface area contributed by atoms with Crippen LogP contribution in [0.5, 0.6) is 0 Å². The zero-order chi connectivity index (χ0) is 27.7. The van der Waals surface area contributed by atoms with Gasteiger partial charge in [-0.25, -0.2) is 0 Å². The number of ether oxygens (including phenoxy) is 2. The molecular weight excluding hydrogens is 480 g/mol. The lowest BCUT2D eigenvalue weighted by Gasteiger charge is -2.39. The minimum absolute atomic E-state index is 0.426. The second-order valence-corrected chi connectivity index (χ2v) is 11.7. The molecule has 5 atom stereocenters. The van der Waals surface area contributed by atoms with Crippen LogP contribution in [-0.4, -0.2) is 64.3 Å². The predicted octanol–water partition coefficient (Wildman–Crippen LogP) is 7.19. The summed E-state index contributed by atoms with van der Waals surface area (Å²) in [5, 5.41) is 38.8. The van der Waals surface area contributed by atoms with Crippen molar-refractivity contribution in [2.24, 2.45) is 0 Å². The molecule has 38 heavy (non-hydrogen) atoms. The molecule has 0 amide bonds. The van der Waals surface area contributed by atoms with E-state index in [-0.39, 0.29) is 0 Å². The van der Waals surface area contributed by atoms with Crippen molar-refractivity contribution in [3.63, 3.8) is 0 Å². The highest BCUT2D eigenvalue weighted by Gasteiger charge is 2.43. The molecule has 0 bridgehead atoms. The fourth-order valence-corrected chi connectivity index (χ4v) is 5.47. The second kappa shape index (κ2) is 25.7. The van der Waals surface area contributed by atoms with E-state index < -0.39 is 37.3 Å². The van der Waals surface area contributed by atoms with Gasteiger partial charge < -0.3 is 29.9 Å². The first-order valence-corrected chi connectivity index (χ1v) is 16.5. The fraction of sp³-hybridized carbons (Fsp3) is 1.00. The van der Waals surface area contributed by atoms with E-state index >= 15 is 0 Å². The summed E-state index contributed by atoms with van der Waals surface area (Å²) in [6, 6.07) is 0. The third kappa shape index (κ3) is 18.2. The van der Waals surface area contributed by atoms with Gasteiger partial charge in [0.2, 0.25) is 0 Å². The van der Waals surface area contributed by atoms with E-state index in [1.165, 1.54) is 141 Å². The lowest BCUT2D eigenvalue weighted by Crippen LogP contribution is -2.59. The second-order valence-electron chi connectivity index (χ2n) is 11.7. The highest BCUT2D eigenvalue weighted by atomic mass is 16.7. The van der Waals surface area contributed by atoms with Crippen molar-refractivity contribution in [2.75, 3.05) is 13.2 Å². The molecule has 0 spiro atoms. The topological polar surface area (TPSA) is 99.4 Å². The van der Waals surface area contributed by atoms with Gasteiger partial charge in [0.15, 0.2) is 6.29 Å². The van der Waals surface area contributed by atoms with Gasteiger partial charge in [-0.15, -0.1) is 0 Å². The van der Waals surface area contributed by atoms with Crippen molar-refractivity contribution in [2.45, 2.75) is 192 Å². The largest absolute Gasteiger partial charge is 0.394 e. The lowest BCUT2D eigenvalue weighted by molar-refractivity contribution is -0.301. The van der Waals surface area contributed by atoms with Gasteiger partial charge in [0.05, 0.1) is 6.61 Å². The minimum Gasteiger partial charge on any atom is -0.394 e. The van der Waals surface area contributed by atoms with E-state index in [1.54, 1.807) is 0 Å². The van der Waals surface area contributed by atoms with Crippen LogP contribution < -0.4 is 0 Å². The Hall–Kier alpha value is -0.240. The van der Waals surface area contributed by atoms with Crippen LogP contribution in [0, 0.1) is 0 Å². The molecule has 0 aromatic heterocycles. The van der Waals surface area contributed by atoms with Gasteiger partial charge in [0, 0.05) is 6.61 Å². The van der Waals surface area contributed by atoms with Crippen LogP contribution in [0.1, 0.15) is 161 Å². The normalized spacial score (nSPS) is 23.8. The van der Waals surface area contributed by atoms with Crippen LogP contribution in [0.3, 0.4) is 0 Å². The molecule has 0 unspecified atom stereocenters. The first-order valence-electron chi connectivity index (χ1n) is 16.5. The van der Waals surface area contributed by atoms with Crippen LogP contribution in [0.2, 0.25) is 0 Å². The van der Waals surface area contributed by atoms with Gasteiger partial charge in [-0.05, 0) is 6.42 Å². The van der Waals surface area contributed by atoms with Crippen LogP contribution in [0.15, 0.2) is 0 Å². The zero-order valence-corrected chi connectivity index (χ0v) is 24.9. The van der Waals surface area contributed by atoms with Gasteiger partial charge in [0.25, 0.3) is 0 Å². The monoisotopic (exact) mass is 544 g/mol. The van der Waals surface area contributed by atoms with Gasteiger partial charge in [0.1, 0.15) is 24.4 Å². The maximum atomic E-state index is 9.97. The van der Waals surface area contributed by atoms with E-state index in [0.717, 1.165) is 12.8 Å². The Balaban J connectivity index is 1.74. The summed E-state index contributed by atoms with van der Waals surface area (Å²) >= 11 is 0. The molecule has 1 heterocycles. The summed E-state index contributed by atoms with van der Waals surface area (Å²) < 4.78 is 10.9. The molecule has 6 nitrogen and oxygen atoms in total. The summed E-state index contributed by atoms with van der Waals surface area (Å²) in [5.41, 5.74) is 0. The molecule has 1 saturated heterocycles. The van der Waals surface area contributed by atoms with Crippen molar-refractivity contribution in [1.82, 2.24) is 0 Å².